The summed E-state index contributed by atoms with van der Waals surface area (Å²) in [6, 6.07) is -0.290. The zero-order chi connectivity index (χ0) is 11.3. The second-order valence-electron chi connectivity index (χ2n) is 4.76. The molecule has 0 aromatic heterocycles. The summed E-state index contributed by atoms with van der Waals surface area (Å²) in [5, 5.41) is 0. The molecule has 1 amide bonds. The molecule has 0 aliphatic heterocycles. The van der Waals surface area contributed by atoms with Gasteiger partial charge in [0.15, 0.2) is 0 Å². The Hall–Kier alpha value is -0.280. The van der Waals surface area contributed by atoms with Gasteiger partial charge in [0, 0.05) is 13.6 Å². The molecule has 0 aromatic carbocycles. The Morgan fingerprint density at radius 2 is 2.00 bits per heavy atom. The van der Waals surface area contributed by atoms with E-state index in [-0.39, 0.29) is 24.4 Å². The van der Waals surface area contributed by atoms with Crippen LogP contribution in [0.2, 0.25) is 0 Å². The molecule has 3 nitrogen and oxygen atoms in total. The average molecular weight is 249 g/mol. The summed E-state index contributed by atoms with van der Waals surface area (Å²) in [5.74, 6) is 0.830. The first kappa shape index (κ1) is 15.7. The van der Waals surface area contributed by atoms with Crippen LogP contribution >= 0.6 is 12.4 Å². The minimum atomic E-state index is -0.290. The van der Waals surface area contributed by atoms with Gasteiger partial charge in [-0.05, 0) is 25.2 Å². The fourth-order valence-corrected chi connectivity index (χ4v) is 2.39. The molecule has 1 fully saturated rings. The van der Waals surface area contributed by atoms with Crippen LogP contribution in [-0.2, 0) is 4.79 Å². The van der Waals surface area contributed by atoms with Gasteiger partial charge in [0.2, 0.25) is 5.91 Å². The summed E-state index contributed by atoms with van der Waals surface area (Å²) in [7, 11) is 1.89. The van der Waals surface area contributed by atoms with Gasteiger partial charge in [0.1, 0.15) is 0 Å². The van der Waals surface area contributed by atoms with Crippen LogP contribution in [0.25, 0.3) is 0 Å². The Morgan fingerprint density at radius 3 is 2.50 bits per heavy atom. The van der Waals surface area contributed by atoms with Crippen molar-refractivity contribution in [3.8, 4) is 0 Å². The first-order chi connectivity index (χ1) is 7.15. The Morgan fingerprint density at radius 1 is 1.44 bits per heavy atom. The number of halogens is 1. The fourth-order valence-electron chi connectivity index (χ4n) is 2.39. The maximum Gasteiger partial charge on any atom is 0.239 e. The predicted molar refractivity (Wildman–Crippen MR) is 69.7 cm³/mol. The summed E-state index contributed by atoms with van der Waals surface area (Å²) in [5.41, 5.74) is 5.81. The number of likely N-dealkylation sites (N-methyl/N-ethyl adjacent to an activating group) is 1. The molecule has 1 rings (SSSR count). The summed E-state index contributed by atoms with van der Waals surface area (Å²) < 4.78 is 0. The zero-order valence-corrected chi connectivity index (χ0v) is 11.3. The molecule has 2 N–H and O–H groups in total. The third-order valence-electron chi connectivity index (χ3n) is 3.30. The van der Waals surface area contributed by atoms with Crippen LogP contribution in [-0.4, -0.2) is 30.4 Å². The highest BCUT2D eigenvalue weighted by Crippen LogP contribution is 2.25. The van der Waals surface area contributed by atoms with E-state index in [1.54, 1.807) is 0 Å². The molecular weight excluding hydrogens is 224 g/mol. The first-order valence-corrected chi connectivity index (χ1v) is 6.15. The van der Waals surface area contributed by atoms with Crippen LogP contribution in [0.15, 0.2) is 0 Å². The van der Waals surface area contributed by atoms with Crippen LogP contribution in [0.3, 0.4) is 0 Å². The van der Waals surface area contributed by atoms with Crippen molar-refractivity contribution in [3.63, 3.8) is 0 Å². The number of nitrogens with two attached hydrogens (primary N) is 1. The Balaban J connectivity index is 0.00000225. The van der Waals surface area contributed by atoms with Gasteiger partial charge in [0.05, 0.1) is 6.04 Å². The summed E-state index contributed by atoms with van der Waals surface area (Å²) in [6.45, 7) is 2.96. The van der Waals surface area contributed by atoms with E-state index in [0.717, 1.165) is 19.4 Å². The first-order valence-electron chi connectivity index (χ1n) is 6.15. The molecule has 1 atom stereocenters. The second-order valence-corrected chi connectivity index (χ2v) is 4.76. The Labute approximate surface area is 105 Å². The molecule has 0 aromatic rings. The van der Waals surface area contributed by atoms with E-state index in [2.05, 4.69) is 6.92 Å². The minimum absolute atomic E-state index is 0. The smallest absolute Gasteiger partial charge is 0.239 e. The van der Waals surface area contributed by atoms with Gasteiger partial charge < -0.3 is 10.6 Å². The lowest BCUT2D eigenvalue weighted by Gasteiger charge is -2.24. The van der Waals surface area contributed by atoms with E-state index < -0.39 is 0 Å². The molecule has 96 valence electrons. The second kappa shape index (κ2) is 7.91. The predicted octanol–water partition coefficient (Wildman–Crippen LogP) is 2.18. The molecule has 1 aliphatic carbocycles. The standard InChI is InChI=1S/C12H24N2O.ClH/c1-3-6-11(13)12(15)14(2)9-10-7-4-5-8-10;/h10-11H,3-9,13H2,1-2H3;1H. The van der Waals surface area contributed by atoms with E-state index in [0.29, 0.717) is 5.92 Å². The van der Waals surface area contributed by atoms with Gasteiger partial charge in [-0.25, -0.2) is 0 Å². The quantitative estimate of drug-likeness (QED) is 0.811. The van der Waals surface area contributed by atoms with E-state index in [1.807, 2.05) is 11.9 Å². The van der Waals surface area contributed by atoms with E-state index in [9.17, 15) is 4.79 Å². The van der Waals surface area contributed by atoms with Crippen molar-refractivity contribution in [1.29, 1.82) is 0 Å². The van der Waals surface area contributed by atoms with Crippen LogP contribution in [0, 0.1) is 5.92 Å². The number of nitrogens with zero attached hydrogens (tertiary/aromatic N) is 1. The molecule has 1 aliphatic rings. The number of amides is 1. The Bertz CT molecular complexity index is 205. The highest BCUT2D eigenvalue weighted by atomic mass is 35.5. The van der Waals surface area contributed by atoms with Crippen molar-refractivity contribution >= 4 is 18.3 Å². The summed E-state index contributed by atoms with van der Waals surface area (Å²) in [4.78, 5) is 13.7. The largest absolute Gasteiger partial charge is 0.344 e. The van der Waals surface area contributed by atoms with Crippen molar-refractivity contribution in [1.82, 2.24) is 4.90 Å². The molecule has 1 unspecified atom stereocenters. The molecule has 0 heterocycles. The minimum Gasteiger partial charge on any atom is -0.344 e. The lowest BCUT2D eigenvalue weighted by atomic mass is 10.1. The third kappa shape index (κ3) is 4.71. The monoisotopic (exact) mass is 248 g/mol. The summed E-state index contributed by atoms with van der Waals surface area (Å²) in [6.07, 6.45) is 6.99. The highest BCUT2D eigenvalue weighted by molar-refractivity contribution is 5.85. The van der Waals surface area contributed by atoms with Crippen molar-refractivity contribution in [2.45, 2.75) is 51.5 Å². The maximum atomic E-state index is 11.8. The van der Waals surface area contributed by atoms with E-state index in [4.69, 9.17) is 5.73 Å². The van der Waals surface area contributed by atoms with Crippen LogP contribution < -0.4 is 5.73 Å². The molecule has 0 saturated heterocycles. The lowest BCUT2D eigenvalue weighted by molar-refractivity contribution is -0.132. The van der Waals surface area contributed by atoms with Crippen molar-refractivity contribution in [2.24, 2.45) is 11.7 Å². The number of rotatable bonds is 5. The van der Waals surface area contributed by atoms with Gasteiger partial charge in [-0.3, -0.25) is 4.79 Å². The third-order valence-corrected chi connectivity index (χ3v) is 3.30. The van der Waals surface area contributed by atoms with Crippen molar-refractivity contribution in [3.05, 3.63) is 0 Å². The molecule has 0 radical (unpaired) electrons. The Kier molecular flexibility index (Phi) is 7.77. The van der Waals surface area contributed by atoms with E-state index >= 15 is 0 Å². The highest BCUT2D eigenvalue weighted by Gasteiger charge is 2.22. The number of hydrogen-bond donors (Lipinski definition) is 1. The van der Waals surface area contributed by atoms with Crippen molar-refractivity contribution in [2.75, 3.05) is 13.6 Å². The lowest BCUT2D eigenvalue weighted by Crippen LogP contribution is -2.43. The van der Waals surface area contributed by atoms with Gasteiger partial charge in [0.25, 0.3) is 0 Å². The fraction of sp³-hybridized carbons (Fsp3) is 0.917. The normalized spacial score (nSPS) is 17.9. The zero-order valence-electron chi connectivity index (χ0n) is 10.4. The van der Waals surface area contributed by atoms with E-state index in [1.165, 1.54) is 25.7 Å². The molecular formula is C12H25ClN2O. The van der Waals surface area contributed by atoms with Crippen LogP contribution in [0.1, 0.15) is 45.4 Å². The molecule has 16 heavy (non-hydrogen) atoms. The van der Waals surface area contributed by atoms with Crippen LogP contribution in [0.4, 0.5) is 0 Å². The molecule has 0 spiro atoms. The maximum absolute atomic E-state index is 11.8. The van der Waals surface area contributed by atoms with Gasteiger partial charge >= 0.3 is 0 Å². The van der Waals surface area contributed by atoms with Gasteiger partial charge in [-0.1, -0.05) is 26.2 Å². The number of carbonyl (C=O) groups is 1. The SMILES string of the molecule is CCCC(N)C(=O)N(C)CC1CCCC1.Cl. The summed E-state index contributed by atoms with van der Waals surface area (Å²) >= 11 is 0. The number of carbonyl (C=O) groups excluding carboxylic acids is 1. The molecule has 1 saturated carbocycles. The average Bonchev–Trinajstić information content (AvgIpc) is 2.69. The van der Waals surface area contributed by atoms with Gasteiger partial charge in [-0.15, -0.1) is 12.4 Å². The number of hydrogen-bond acceptors (Lipinski definition) is 2. The van der Waals surface area contributed by atoms with Gasteiger partial charge in [-0.2, -0.15) is 0 Å². The molecule has 0 bridgehead atoms. The van der Waals surface area contributed by atoms with Crippen LogP contribution in [0.5, 0.6) is 0 Å². The van der Waals surface area contributed by atoms with Crippen molar-refractivity contribution < 1.29 is 4.79 Å². The molecule has 4 heteroatoms. The topological polar surface area (TPSA) is 46.3 Å².